The number of carbonyl (C=O) groups excluding carboxylic acids is 1. The topological polar surface area (TPSA) is 161 Å². The largest absolute Gasteiger partial charge is 0.478 e. The number of carboxylic acid groups (broad SMARTS) is 1. The molecule has 68 heavy (non-hydrogen) atoms. The van der Waals surface area contributed by atoms with Gasteiger partial charge in [-0.1, -0.05) is 36.4 Å². The van der Waals surface area contributed by atoms with Crippen LogP contribution in [-0.4, -0.2) is 71.2 Å². The van der Waals surface area contributed by atoms with Gasteiger partial charge in [-0.25, -0.2) is 14.8 Å². The normalized spacial score (nSPS) is 15.7. The number of aryl methyl sites for hydroxylation is 4. The third kappa shape index (κ3) is 11.7. The van der Waals surface area contributed by atoms with Gasteiger partial charge in [0.2, 0.25) is 0 Å². The Morgan fingerprint density at radius 1 is 0.662 bits per heavy atom. The number of benzene rings is 4. The van der Waals surface area contributed by atoms with Crippen molar-refractivity contribution < 1.29 is 24.2 Å². The molecule has 2 aromatic heterocycles. The van der Waals surface area contributed by atoms with E-state index in [4.69, 9.17) is 25.0 Å². The number of aromatic carboxylic acids is 1. The summed E-state index contributed by atoms with van der Waals surface area (Å²) in [5.74, 6) is 0.328. The highest BCUT2D eigenvalue weighted by Crippen LogP contribution is 2.37. The molecule has 2 saturated heterocycles. The predicted octanol–water partition coefficient (Wildman–Crippen LogP) is 11.0. The number of carboxylic acids is 1. The van der Waals surface area contributed by atoms with E-state index in [2.05, 4.69) is 59.7 Å². The molecule has 14 heteroatoms. The number of carbonyl (C=O) groups is 2. The smallest absolute Gasteiger partial charge is 0.335 e. The molecule has 0 atom stereocenters. The van der Waals surface area contributed by atoms with Crippen LogP contribution in [0.1, 0.15) is 124 Å². The molecule has 11 nitrogen and oxygen atoms in total. The summed E-state index contributed by atoms with van der Waals surface area (Å²) in [6, 6.07) is 28.0. The lowest BCUT2D eigenvalue weighted by molar-refractivity contribution is 0.0692. The number of rotatable bonds is 6. The second kappa shape index (κ2) is 23.0. The molecule has 4 aliphatic rings. The van der Waals surface area contributed by atoms with Crippen LogP contribution in [0.25, 0.3) is 21.1 Å². The predicted molar refractivity (Wildman–Crippen MR) is 270 cm³/mol. The summed E-state index contributed by atoms with van der Waals surface area (Å²) in [6.07, 6.45) is 6.06. The molecule has 2 N–H and O–H groups in total. The summed E-state index contributed by atoms with van der Waals surface area (Å²) in [4.78, 5) is 38.7. The molecule has 352 valence electrons. The van der Waals surface area contributed by atoms with Crippen LogP contribution in [0.4, 0.5) is 0 Å². The molecule has 10 rings (SSSR count). The lowest BCUT2D eigenvalue weighted by Crippen LogP contribution is -2.38. The van der Waals surface area contributed by atoms with Gasteiger partial charge in [-0.05, 0) is 148 Å². The van der Waals surface area contributed by atoms with Gasteiger partial charge in [0.25, 0.3) is 5.91 Å². The number of halogens is 1. The summed E-state index contributed by atoms with van der Waals surface area (Å²) in [7, 11) is 0. The van der Waals surface area contributed by atoms with Crippen molar-refractivity contribution in [2.75, 3.05) is 39.4 Å². The number of amides is 1. The van der Waals surface area contributed by atoms with E-state index in [1.54, 1.807) is 28.7 Å². The average Bonchev–Trinajstić information content (AvgIpc) is 4.00. The molecule has 1 amide bonds. The SMILES string of the molecule is Cc1cc(C)c(-c2nc3c(s2)CCOC3)cc1C(=O)N1CCC(c2ccc(C#N)cc2)CC1.Cc1cc(C)c(-c2nc3c(s2)COCC3)cc1C(=O)O.Cl.N#Cc1ccc(C2CCNCC2)cc1. The molecule has 6 aromatic rings. The van der Waals surface area contributed by atoms with Gasteiger partial charge in [0, 0.05) is 47.5 Å². The molecule has 4 aliphatic heterocycles. The number of likely N-dealkylation sites (tertiary alicyclic amines) is 1. The summed E-state index contributed by atoms with van der Waals surface area (Å²) in [5.41, 5.74) is 13.3. The first-order chi connectivity index (χ1) is 32.5. The van der Waals surface area contributed by atoms with E-state index in [1.165, 1.54) is 28.8 Å². The number of nitrogens with zero attached hydrogens (tertiary/aromatic N) is 5. The van der Waals surface area contributed by atoms with Gasteiger partial charge in [-0.15, -0.1) is 35.1 Å². The number of piperidine rings is 2. The second-order valence-corrected chi connectivity index (χ2v) is 19.9. The molecule has 0 radical (unpaired) electrons. The van der Waals surface area contributed by atoms with Crippen molar-refractivity contribution in [2.45, 2.75) is 91.3 Å². The van der Waals surface area contributed by atoms with Crippen LogP contribution in [0.5, 0.6) is 0 Å². The molecule has 0 bridgehead atoms. The van der Waals surface area contributed by atoms with Gasteiger partial charge >= 0.3 is 5.97 Å². The second-order valence-electron chi connectivity index (χ2n) is 17.7. The lowest BCUT2D eigenvalue weighted by atomic mass is 9.88. The highest BCUT2D eigenvalue weighted by atomic mass is 35.5. The number of thiazole rings is 2. The van der Waals surface area contributed by atoms with Crippen molar-refractivity contribution >= 4 is 47.0 Å². The first-order valence-corrected chi connectivity index (χ1v) is 24.7. The Labute approximate surface area is 413 Å². The zero-order valence-corrected chi connectivity index (χ0v) is 41.5. The molecule has 0 unspecified atom stereocenters. The Morgan fingerprint density at radius 2 is 1.16 bits per heavy atom. The van der Waals surface area contributed by atoms with Crippen LogP contribution < -0.4 is 5.32 Å². The van der Waals surface area contributed by atoms with E-state index >= 15 is 0 Å². The minimum absolute atomic E-state index is 0. The van der Waals surface area contributed by atoms with Gasteiger partial charge in [0.1, 0.15) is 10.0 Å². The number of aromatic nitrogens is 2. The van der Waals surface area contributed by atoms with E-state index in [0.717, 1.165) is 129 Å². The first kappa shape index (κ1) is 50.1. The third-order valence-corrected chi connectivity index (χ3v) is 15.5. The van der Waals surface area contributed by atoms with Gasteiger partial charge in [-0.3, -0.25) is 4.79 Å². The minimum atomic E-state index is -0.895. The number of hydrogen-bond acceptors (Lipinski definition) is 11. The standard InChI is InChI=1S/C27H27N3O2S.C15H15NO3S.C12H14N2.ClH/c1-17-13-18(2)23(14-22(17)26-29-24-16-32-12-9-25(24)33-26)27(31)30-10-7-21(8-11-30)20-5-3-19(15-28)4-6-20;1-8-5-9(2)11(15(17)18)6-10(8)14-16-12-3-4-19-7-13(12)20-14;13-9-10-1-3-11(4-2-10)12-5-7-14-8-6-12;/h3-6,13-14,21H,7-12,16H2,1-2H3;5-6H,3-4,7H2,1-2H3,(H,17,18);1-4,12,14H,5-8H2;1H. The molecular weight excluding hydrogens is 912 g/mol. The van der Waals surface area contributed by atoms with E-state index in [1.807, 2.05) is 62.1 Å². The fourth-order valence-electron chi connectivity index (χ4n) is 9.31. The molecule has 4 aromatic carbocycles. The highest BCUT2D eigenvalue weighted by Gasteiger charge is 2.27. The van der Waals surface area contributed by atoms with E-state index < -0.39 is 5.97 Å². The molecular formula is C54H57ClN6O5S2. The monoisotopic (exact) mass is 968 g/mol. The van der Waals surface area contributed by atoms with Crippen molar-refractivity contribution in [1.82, 2.24) is 20.2 Å². The Balaban J connectivity index is 0.000000166. The van der Waals surface area contributed by atoms with Crippen LogP contribution in [0, 0.1) is 50.4 Å². The van der Waals surface area contributed by atoms with Gasteiger partial charge in [0.15, 0.2) is 0 Å². The van der Waals surface area contributed by atoms with Crippen LogP contribution >= 0.6 is 35.1 Å². The van der Waals surface area contributed by atoms with Gasteiger partial charge in [0.05, 0.1) is 71.5 Å². The zero-order chi connectivity index (χ0) is 47.0. The molecule has 6 heterocycles. The van der Waals surface area contributed by atoms with Crippen molar-refractivity contribution in [3.05, 3.63) is 150 Å². The van der Waals surface area contributed by atoms with Crippen molar-refractivity contribution in [2.24, 2.45) is 0 Å². The summed E-state index contributed by atoms with van der Waals surface area (Å²) in [6.45, 7) is 14.3. The Morgan fingerprint density at radius 3 is 1.71 bits per heavy atom. The average molecular weight is 970 g/mol. The Bertz CT molecular complexity index is 2780. The maximum Gasteiger partial charge on any atom is 0.335 e. The van der Waals surface area contributed by atoms with Crippen LogP contribution in [-0.2, 0) is 35.5 Å². The van der Waals surface area contributed by atoms with Gasteiger partial charge < -0.3 is 24.8 Å². The van der Waals surface area contributed by atoms with E-state index in [9.17, 15) is 14.7 Å². The maximum absolute atomic E-state index is 13.5. The molecule has 0 spiro atoms. The summed E-state index contributed by atoms with van der Waals surface area (Å²) >= 11 is 3.33. The number of hydrogen-bond donors (Lipinski definition) is 2. The highest BCUT2D eigenvalue weighted by molar-refractivity contribution is 7.15. The minimum Gasteiger partial charge on any atom is -0.478 e. The number of nitriles is 2. The fraction of sp³-hybridized carbons (Fsp3) is 0.370. The maximum atomic E-state index is 13.5. The van der Waals surface area contributed by atoms with Crippen LogP contribution in [0.2, 0.25) is 0 Å². The van der Waals surface area contributed by atoms with E-state index in [0.29, 0.717) is 42.8 Å². The number of ether oxygens (including phenoxy) is 2. The molecule has 2 fully saturated rings. The number of fused-ring (bicyclic) bond motifs is 2. The van der Waals surface area contributed by atoms with E-state index in [-0.39, 0.29) is 18.3 Å². The first-order valence-electron chi connectivity index (χ1n) is 23.1. The van der Waals surface area contributed by atoms with Crippen molar-refractivity contribution in [1.29, 1.82) is 10.5 Å². The lowest BCUT2D eigenvalue weighted by Gasteiger charge is -2.32. The molecule has 0 saturated carbocycles. The molecule has 0 aliphatic carbocycles. The quantitative estimate of drug-likeness (QED) is 0.164. The van der Waals surface area contributed by atoms with Gasteiger partial charge in [-0.2, -0.15) is 10.5 Å². The Hall–Kier alpha value is -5.77. The van der Waals surface area contributed by atoms with Crippen molar-refractivity contribution in [3.8, 4) is 33.3 Å². The van der Waals surface area contributed by atoms with Crippen LogP contribution in [0.15, 0.2) is 72.8 Å². The summed E-state index contributed by atoms with van der Waals surface area (Å²) < 4.78 is 11.0. The summed E-state index contributed by atoms with van der Waals surface area (Å²) in [5, 5.41) is 32.2. The Kier molecular flexibility index (Phi) is 17.0. The van der Waals surface area contributed by atoms with Crippen molar-refractivity contribution in [3.63, 3.8) is 0 Å². The fourth-order valence-corrected chi connectivity index (χ4v) is 11.6. The zero-order valence-electron chi connectivity index (χ0n) is 39.0. The third-order valence-electron chi connectivity index (χ3n) is 13.2. The number of nitrogens with one attached hydrogen (secondary N) is 1. The van der Waals surface area contributed by atoms with Crippen LogP contribution in [0.3, 0.4) is 0 Å².